The molecule has 0 saturated heterocycles. The van der Waals surface area contributed by atoms with E-state index in [1.54, 1.807) is 0 Å². The molecule has 0 aliphatic heterocycles. The summed E-state index contributed by atoms with van der Waals surface area (Å²) in [5, 5.41) is 20.5. The van der Waals surface area contributed by atoms with Gasteiger partial charge in [-0.25, -0.2) is 0 Å². The summed E-state index contributed by atoms with van der Waals surface area (Å²) >= 11 is 0. The van der Waals surface area contributed by atoms with Crippen molar-refractivity contribution >= 4 is 0 Å². The second-order valence-electron chi connectivity index (χ2n) is 9.61. The van der Waals surface area contributed by atoms with Crippen LogP contribution < -0.4 is 0 Å². The molecule has 0 spiro atoms. The molecule has 0 aromatic heterocycles. The second-order valence-corrected chi connectivity index (χ2v) is 9.61. The van der Waals surface area contributed by atoms with E-state index in [2.05, 4.69) is 27.7 Å². The van der Waals surface area contributed by atoms with E-state index in [4.69, 9.17) is 0 Å². The molecule has 0 unspecified atom stereocenters. The summed E-state index contributed by atoms with van der Waals surface area (Å²) in [7, 11) is 0. The van der Waals surface area contributed by atoms with E-state index in [1.165, 1.54) is 37.3 Å². The fourth-order valence-corrected chi connectivity index (χ4v) is 7.12. The molecule has 2 fully saturated rings. The summed E-state index contributed by atoms with van der Waals surface area (Å²) in [5.74, 6) is 1.86. The van der Waals surface area contributed by atoms with E-state index in [1.807, 2.05) is 6.07 Å². The van der Waals surface area contributed by atoms with Gasteiger partial charge in [0, 0.05) is 17.0 Å². The number of phenolic OH excluding ortho intramolecular Hbond substituents is 2. The molecule has 0 amide bonds. The minimum absolute atomic E-state index is 0.0613. The Labute approximate surface area is 139 Å². The topological polar surface area (TPSA) is 40.5 Å². The smallest absolute Gasteiger partial charge is 0.123 e. The maximum atomic E-state index is 10.5. The van der Waals surface area contributed by atoms with Crippen LogP contribution in [0.2, 0.25) is 0 Å². The Morgan fingerprint density at radius 2 is 1.70 bits per heavy atom. The van der Waals surface area contributed by atoms with Crippen molar-refractivity contribution in [3.8, 4) is 11.5 Å². The Kier molecular flexibility index (Phi) is 2.98. The fourth-order valence-electron chi connectivity index (χ4n) is 7.12. The lowest BCUT2D eigenvalue weighted by Crippen LogP contribution is -2.55. The van der Waals surface area contributed by atoms with Crippen LogP contribution in [0.25, 0.3) is 0 Å². The van der Waals surface area contributed by atoms with E-state index in [9.17, 15) is 10.2 Å². The molecule has 2 N–H and O–H groups in total. The molecule has 2 heteroatoms. The highest BCUT2D eigenvalue weighted by Gasteiger charge is 2.61. The third-order valence-electron chi connectivity index (χ3n) is 7.97. The molecular formula is C21H30O2. The van der Waals surface area contributed by atoms with E-state index >= 15 is 0 Å². The Morgan fingerprint density at radius 1 is 0.957 bits per heavy atom. The summed E-state index contributed by atoms with van der Waals surface area (Å²) in [6.07, 6.45) is 7.40. The summed E-state index contributed by atoms with van der Waals surface area (Å²) < 4.78 is 0. The number of rotatable bonds is 0. The van der Waals surface area contributed by atoms with Gasteiger partial charge in [0.15, 0.2) is 0 Å². The summed E-state index contributed by atoms with van der Waals surface area (Å²) in [5.41, 5.74) is 3.14. The van der Waals surface area contributed by atoms with Crippen molar-refractivity contribution in [2.24, 2.45) is 22.7 Å². The standard InChI is InChI=1S/C21H30O2/c1-19(2)7-5-8-20(3)16(19)6-9-21(4)17(20)11-13-10-14(22)12-15(23)18(13)21/h10,12,16-17,22-23H,5-9,11H2,1-4H3/t16-,17+,20-,21+/m1/s1. The van der Waals surface area contributed by atoms with E-state index in [0.29, 0.717) is 22.5 Å². The number of aromatic hydroxyl groups is 2. The van der Waals surface area contributed by atoms with Gasteiger partial charge in [0.05, 0.1) is 0 Å². The zero-order valence-electron chi connectivity index (χ0n) is 14.9. The molecule has 23 heavy (non-hydrogen) atoms. The molecule has 3 aliphatic carbocycles. The van der Waals surface area contributed by atoms with Crippen molar-refractivity contribution in [3.63, 3.8) is 0 Å². The normalized spacial score (nSPS) is 41.0. The lowest BCUT2D eigenvalue weighted by atomic mass is 9.43. The Morgan fingerprint density at radius 3 is 2.43 bits per heavy atom. The average molecular weight is 314 g/mol. The molecule has 1 aromatic rings. The monoisotopic (exact) mass is 314 g/mol. The van der Waals surface area contributed by atoms with Crippen LogP contribution in [0.15, 0.2) is 12.1 Å². The van der Waals surface area contributed by atoms with Crippen LogP contribution in [0, 0.1) is 22.7 Å². The van der Waals surface area contributed by atoms with Crippen LogP contribution in [0.3, 0.4) is 0 Å². The molecule has 0 radical (unpaired) electrons. The summed E-state index contributed by atoms with van der Waals surface area (Å²) in [6, 6.07) is 3.43. The second kappa shape index (κ2) is 4.46. The average Bonchev–Trinajstić information content (AvgIpc) is 2.71. The minimum atomic E-state index is 0.0613. The molecule has 0 bridgehead atoms. The van der Waals surface area contributed by atoms with Gasteiger partial charge < -0.3 is 10.2 Å². The first-order valence-electron chi connectivity index (χ1n) is 9.24. The number of hydrogen-bond acceptors (Lipinski definition) is 2. The van der Waals surface area contributed by atoms with Gasteiger partial charge in [-0.2, -0.15) is 0 Å². The van der Waals surface area contributed by atoms with E-state index in [0.717, 1.165) is 24.3 Å². The van der Waals surface area contributed by atoms with Crippen LogP contribution in [-0.2, 0) is 11.8 Å². The van der Waals surface area contributed by atoms with Crippen molar-refractivity contribution in [1.29, 1.82) is 0 Å². The SMILES string of the molecule is CC1(C)CCC[C@]2(C)[C@@H]1CC[C@]1(C)c3c(O)cc(O)cc3C[C@@H]21. The molecule has 2 saturated carbocycles. The number of fused-ring (bicyclic) bond motifs is 5. The van der Waals surface area contributed by atoms with Gasteiger partial charge in [0.25, 0.3) is 0 Å². The highest BCUT2D eigenvalue weighted by atomic mass is 16.3. The minimum Gasteiger partial charge on any atom is -0.508 e. The Bertz CT molecular complexity index is 662. The van der Waals surface area contributed by atoms with Gasteiger partial charge in [-0.3, -0.25) is 0 Å². The number of hydrogen-bond donors (Lipinski definition) is 2. The van der Waals surface area contributed by atoms with Crippen molar-refractivity contribution in [1.82, 2.24) is 0 Å². The van der Waals surface area contributed by atoms with Crippen LogP contribution in [-0.4, -0.2) is 10.2 Å². The molecule has 1 aromatic carbocycles. The van der Waals surface area contributed by atoms with Gasteiger partial charge in [0.1, 0.15) is 11.5 Å². The van der Waals surface area contributed by atoms with Crippen LogP contribution in [0.4, 0.5) is 0 Å². The lowest BCUT2D eigenvalue weighted by molar-refractivity contribution is -0.0984. The fraction of sp³-hybridized carbons (Fsp3) is 0.714. The van der Waals surface area contributed by atoms with Gasteiger partial charge >= 0.3 is 0 Å². The predicted molar refractivity (Wildman–Crippen MR) is 92.8 cm³/mol. The van der Waals surface area contributed by atoms with Crippen LogP contribution in [0.5, 0.6) is 11.5 Å². The highest BCUT2D eigenvalue weighted by Crippen LogP contribution is 2.68. The van der Waals surface area contributed by atoms with Gasteiger partial charge in [0.2, 0.25) is 0 Å². The maximum absolute atomic E-state index is 10.5. The van der Waals surface area contributed by atoms with Crippen LogP contribution >= 0.6 is 0 Å². The molecule has 4 atom stereocenters. The van der Waals surface area contributed by atoms with Crippen molar-refractivity contribution in [2.45, 2.75) is 71.6 Å². The van der Waals surface area contributed by atoms with Gasteiger partial charge in [-0.15, -0.1) is 0 Å². The summed E-state index contributed by atoms with van der Waals surface area (Å²) in [6.45, 7) is 9.80. The number of benzene rings is 1. The Balaban J connectivity index is 1.84. The first-order valence-corrected chi connectivity index (χ1v) is 9.24. The number of phenols is 2. The highest BCUT2D eigenvalue weighted by molar-refractivity contribution is 5.54. The first-order chi connectivity index (χ1) is 10.7. The zero-order valence-corrected chi connectivity index (χ0v) is 14.9. The summed E-state index contributed by atoms with van der Waals surface area (Å²) in [4.78, 5) is 0. The van der Waals surface area contributed by atoms with E-state index in [-0.39, 0.29) is 11.2 Å². The van der Waals surface area contributed by atoms with E-state index < -0.39 is 0 Å². The third kappa shape index (κ3) is 1.87. The molecule has 2 nitrogen and oxygen atoms in total. The molecule has 3 aliphatic rings. The molecule has 126 valence electrons. The Hall–Kier alpha value is -1.18. The van der Waals surface area contributed by atoms with Crippen molar-refractivity contribution in [2.75, 3.05) is 0 Å². The lowest BCUT2D eigenvalue weighted by Gasteiger charge is -2.61. The zero-order chi connectivity index (χ0) is 16.6. The van der Waals surface area contributed by atoms with Gasteiger partial charge in [-0.1, -0.05) is 34.1 Å². The molecular weight excluding hydrogens is 284 g/mol. The quantitative estimate of drug-likeness (QED) is 0.695. The molecule has 0 heterocycles. The largest absolute Gasteiger partial charge is 0.508 e. The van der Waals surface area contributed by atoms with Gasteiger partial charge in [-0.05, 0) is 66.4 Å². The van der Waals surface area contributed by atoms with Crippen molar-refractivity contribution in [3.05, 3.63) is 23.3 Å². The van der Waals surface area contributed by atoms with Crippen molar-refractivity contribution < 1.29 is 10.2 Å². The third-order valence-corrected chi connectivity index (χ3v) is 7.97. The van der Waals surface area contributed by atoms with Crippen LogP contribution in [0.1, 0.15) is 70.9 Å². The maximum Gasteiger partial charge on any atom is 0.123 e. The predicted octanol–water partition coefficient (Wildman–Crippen LogP) is 5.15. The first kappa shape index (κ1) is 15.4. The molecule has 4 rings (SSSR count).